The fraction of sp³-hybridized carbons (Fsp3) is 0.158. The monoisotopic (exact) mass is 353 g/mol. The van der Waals surface area contributed by atoms with Gasteiger partial charge in [-0.05, 0) is 18.2 Å². The summed E-state index contributed by atoms with van der Waals surface area (Å²) in [5.74, 6) is 0.782. The molecule has 25 heavy (non-hydrogen) atoms. The highest BCUT2D eigenvalue weighted by Gasteiger charge is 2.07. The maximum absolute atomic E-state index is 11.1. The van der Waals surface area contributed by atoms with Crippen molar-refractivity contribution < 1.29 is 9.53 Å². The lowest BCUT2D eigenvalue weighted by Crippen LogP contribution is -2.05. The summed E-state index contributed by atoms with van der Waals surface area (Å²) in [6.07, 6.45) is 0. The second-order valence-corrected chi connectivity index (χ2v) is 6.32. The highest BCUT2D eigenvalue weighted by Crippen LogP contribution is 2.27. The zero-order valence-corrected chi connectivity index (χ0v) is 14.9. The summed E-state index contributed by atoms with van der Waals surface area (Å²) in [6, 6.07) is 15.6. The van der Waals surface area contributed by atoms with E-state index in [4.69, 9.17) is 4.74 Å². The number of carbonyl (C=O) groups excluding carboxylic acids is 1. The molecular formula is C19H19N3O2S. The van der Waals surface area contributed by atoms with Gasteiger partial charge < -0.3 is 15.4 Å². The molecule has 0 atom stereocenters. The fourth-order valence-electron chi connectivity index (χ4n) is 2.43. The molecule has 0 fully saturated rings. The van der Waals surface area contributed by atoms with Gasteiger partial charge in [-0.2, -0.15) is 0 Å². The van der Waals surface area contributed by atoms with Crippen molar-refractivity contribution >= 4 is 28.1 Å². The number of nitrogens with zero attached hydrogens (tertiary/aromatic N) is 1. The Bertz CT molecular complexity index is 859. The van der Waals surface area contributed by atoms with Crippen molar-refractivity contribution in [3.63, 3.8) is 0 Å². The SMILES string of the molecule is COc1ccccc1CNc1nc(-c2ccc(NC(C)=O)cc2)cs1. The van der Waals surface area contributed by atoms with Gasteiger partial charge in [-0.1, -0.05) is 30.3 Å². The molecule has 0 unspecified atom stereocenters. The van der Waals surface area contributed by atoms with Crippen molar-refractivity contribution in [3.8, 4) is 17.0 Å². The minimum absolute atomic E-state index is 0.0794. The summed E-state index contributed by atoms with van der Waals surface area (Å²) in [5.41, 5.74) is 3.78. The summed E-state index contributed by atoms with van der Waals surface area (Å²) < 4.78 is 5.36. The first-order valence-electron chi connectivity index (χ1n) is 7.85. The van der Waals surface area contributed by atoms with E-state index < -0.39 is 0 Å². The Morgan fingerprint density at radius 1 is 1.16 bits per heavy atom. The molecule has 5 nitrogen and oxygen atoms in total. The van der Waals surface area contributed by atoms with Gasteiger partial charge >= 0.3 is 0 Å². The normalized spacial score (nSPS) is 10.3. The minimum atomic E-state index is -0.0794. The number of para-hydroxylation sites is 1. The number of rotatable bonds is 6. The molecule has 0 aliphatic carbocycles. The number of aromatic nitrogens is 1. The number of thiazole rings is 1. The summed E-state index contributed by atoms with van der Waals surface area (Å²) in [4.78, 5) is 15.7. The first kappa shape index (κ1) is 17.0. The number of methoxy groups -OCH3 is 1. The number of carbonyl (C=O) groups is 1. The van der Waals surface area contributed by atoms with Gasteiger partial charge in [-0.3, -0.25) is 4.79 Å². The number of ether oxygens (including phenoxy) is 1. The van der Waals surface area contributed by atoms with E-state index >= 15 is 0 Å². The molecule has 2 aromatic carbocycles. The Labute approximate surface area is 150 Å². The van der Waals surface area contributed by atoms with Gasteiger partial charge in [0.1, 0.15) is 5.75 Å². The summed E-state index contributed by atoms with van der Waals surface area (Å²) >= 11 is 1.56. The lowest BCUT2D eigenvalue weighted by atomic mass is 10.1. The molecule has 0 saturated carbocycles. The minimum Gasteiger partial charge on any atom is -0.496 e. The second kappa shape index (κ2) is 7.81. The van der Waals surface area contributed by atoms with Crippen LogP contribution in [0.2, 0.25) is 0 Å². The molecule has 1 aromatic heterocycles. The van der Waals surface area contributed by atoms with Crippen LogP contribution in [0, 0.1) is 0 Å². The van der Waals surface area contributed by atoms with Crippen molar-refractivity contribution in [1.29, 1.82) is 0 Å². The van der Waals surface area contributed by atoms with Gasteiger partial charge in [0.2, 0.25) is 5.91 Å². The summed E-state index contributed by atoms with van der Waals surface area (Å²) in [5, 5.41) is 8.96. The molecule has 0 aliphatic rings. The number of amides is 1. The van der Waals surface area contributed by atoms with Crippen LogP contribution in [0.5, 0.6) is 5.75 Å². The van der Waals surface area contributed by atoms with Crippen molar-refractivity contribution in [2.45, 2.75) is 13.5 Å². The zero-order chi connectivity index (χ0) is 17.6. The third kappa shape index (κ3) is 4.36. The van der Waals surface area contributed by atoms with Gasteiger partial charge in [0.05, 0.1) is 12.8 Å². The van der Waals surface area contributed by atoms with E-state index in [0.717, 1.165) is 33.4 Å². The molecule has 0 radical (unpaired) electrons. The molecule has 0 aliphatic heterocycles. The Kier molecular flexibility index (Phi) is 5.30. The molecule has 3 rings (SSSR count). The third-order valence-electron chi connectivity index (χ3n) is 3.63. The number of benzene rings is 2. The molecule has 128 valence electrons. The van der Waals surface area contributed by atoms with Crippen LogP contribution in [0.15, 0.2) is 53.9 Å². The van der Waals surface area contributed by atoms with Crippen molar-refractivity contribution in [2.75, 3.05) is 17.7 Å². The van der Waals surface area contributed by atoms with Crippen LogP contribution >= 0.6 is 11.3 Å². The molecule has 0 bridgehead atoms. The van der Waals surface area contributed by atoms with Crippen LogP contribution in [0.1, 0.15) is 12.5 Å². The molecule has 1 heterocycles. The second-order valence-electron chi connectivity index (χ2n) is 5.46. The van der Waals surface area contributed by atoms with Crippen LogP contribution in [0.25, 0.3) is 11.3 Å². The maximum atomic E-state index is 11.1. The Morgan fingerprint density at radius 3 is 2.64 bits per heavy atom. The van der Waals surface area contributed by atoms with Crippen LogP contribution < -0.4 is 15.4 Å². The number of anilines is 2. The summed E-state index contributed by atoms with van der Waals surface area (Å²) in [7, 11) is 1.67. The first-order chi connectivity index (χ1) is 12.2. The lowest BCUT2D eigenvalue weighted by molar-refractivity contribution is -0.114. The van der Waals surface area contributed by atoms with Gasteiger partial charge in [0.15, 0.2) is 5.13 Å². The van der Waals surface area contributed by atoms with Crippen LogP contribution in [0.3, 0.4) is 0 Å². The smallest absolute Gasteiger partial charge is 0.221 e. The Hall–Kier alpha value is -2.86. The highest BCUT2D eigenvalue weighted by molar-refractivity contribution is 7.14. The number of hydrogen-bond donors (Lipinski definition) is 2. The molecular weight excluding hydrogens is 334 g/mol. The largest absolute Gasteiger partial charge is 0.496 e. The Morgan fingerprint density at radius 2 is 1.92 bits per heavy atom. The molecule has 6 heteroatoms. The van der Waals surface area contributed by atoms with Crippen LogP contribution in [-0.4, -0.2) is 18.0 Å². The number of nitrogens with one attached hydrogen (secondary N) is 2. The predicted molar refractivity (Wildman–Crippen MR) is 102 cm³/mol. The quantitative estimate of drug-likeness (QED) is 0.690. The molecule has 0 saturated heterocycles. The molecule has 1 amide bonds. The van der Waals surface area contributed by atoms with Crippen LogP contribution in [0.4, 0.5) is 10.8 Å². The van der Waals surface area contributed by atoms with E-state index in [1.165, 1.54) is 6.92 Å². The van der Waals surface area contributed by atoms with Gasteiger partial charge in [-0.15, -0.1) is 11.3 Å². The van der Waals surface area contributed by atoms with Crippen LogP contribution in [-0.2, 0) is 11.3 Å². The molecule has 2 N–H and O–H groups in total. The first-order valence-corrected chi connectivity index (χ1v) is 8.73. The van der Waals surface area contributed by atoms with Crippen molar-refractivity contribution in [2.24, 2.45) is 0 Å². The van der Waals surface area contributed by atoms with E-state index in [0.29, 0.717) is 6.54 Å². The van der Waals surface area contributed by atoms with Gasteiger partial charge in [0.25, 0.3) is 0 Å². The van der Waals surface area contributed by atoms with E-state index in [9.17, 15) is 4.79 Å². The van der Waals surface area contributed by atoms with E-state index in [-0.39, 0.29) is 5.91 Å². The maximum Gasteiger partial charge on any atom is 0.221 e. The average Bonchev–Trinajstić information content (AvgIpc) is 3.09. The zero-order valence-electron chi connectivity index (χ0n) is 14.1. The standard InChI is InChI=1S/C19H19N3O2S/c1-13(23)21-16-9-7-14(8-10-16)17-12-25-19(22-17)20-11-15-5-3-4-6-18(15)24-2/h3-10,12H,11H2,1-2H3,(H,20,22)(H,21,23). The lowest BCUT2D eigenvalue weighted by Gasteiger charge is -2.08. The topological polar surface area (TPSA) is 63.2 Å². The number of hydrogen-bond acceptors (Lipinski definition) is 5. The Balaban J connectivity index is 1.67. The predicted octanol–water partition coefficient (Wildman–Crippen LogP) is 4.39. The van der Waals surface area contributed by atoms with Gasteiger partial charge in [-0.25, -0.2) is 4.98 Å². The van der Waals surface area contributed by atoms with Crippen molar-refractivity contribution in [3.05, 3.63) is 59.5 Å². The fourth-order valence-corrected chi connectivity index (χ4v) is 3.15. The van der Waals surface area contributed by atoms with E-state index in [1.54, 1.807) is 18.4 Å². The molecule has 3 aromatic rings. The van der Waals surface area contributed by atoms with E-state index in [1.807, 2.05) is 53.9 Å². The van der Waals surface area contributed by atoms with E-state index in [2.05, 4.69) is 15.6 Å². The van der Waals surface area contributed by atoms with Gasteiger partial charge in [0, 0.05) is 35.7 Å². The van der Waals surface area contributed by atoms with Crippen molar-refractivity contribution in [1.82, 2.24) is 4.98 Å². The average molecular weight is 353 g/mol. The molecule has 0 spiro atoms. The highest BCUT2D eigenvalue weighted by atomic mass is 32.1. The third-order valence-corrected chi connectivity index (χ3v) is 4.43. The summed E-state index contributed by atoms with van der Waals surface area (Å²) in [6.45, 7) is 2.15.